The van der Waals surface area contributed by atoms with Crippen LogP contribution in [0.4, 0.5) is 13.2 Å². The lowest BCUT2D eigenvalue weighted by molar-refractivity contribution is -0.559. The lowest BCUT2D eigenvalue weighted by atomic mass is 9.87. The summed E-state index contributed by atoms with van der Waals surface area (Å²) in [4.78, 5) is 9.36. The van der Waals surface area contributed by atoms with Gasteiger partial charge in [0.1, 0.15) is 0 Å². The summed E-state index contributed by atoms with van der Waals surface area (Å²) in [5, 5.41) is 20.2. The predicted molar refractivity (Wildman–Crippen MR) is 52.9 cm³/mol. The van der Waals surface area contributed by atoms with Gasteiger partial charge in [0.2, 0.25) is 0 Å². The summed E-state index contributed by atoms with van der Waals surface area (Å²) in [6.07, 6.45) is -5.12. The Bertz CT molecular complexity index is 407. The number of hydrogen-bond donors (Lipinski definition) is 1. The van der Waals surface area contributed by atoms with E-state index in [0.29, 0.717) is 0 Å². The van der Waals surface area contributed by atoms with Crippen LogP contribution in [0.5, 0.6) is 0 Å². The summed E-state index contributed by atoms with van der Waals surface area (Å²) in [6, 6.07) is 3.83. The smallest absolute Gasteiger partial charge is 0.371 e. The maximum Gasteiger partial charge on any atom is 0.428 e. The van der Waals surface area contributed by atoms with Crippen LogP contribution in [0.2, 0.25) is 0 Å². The van der Waals surface area contributed by atoms with Gasteiger partial charge in [0.25, 0.3) is 11.6 Å². The highest BCUT2D eigenvalue weighted by Crippen LogP contribution is 2.42. The Morgan fingerprint density at radius 3 is 2.12 bits per heavy atom. The van der Waals surface area contributed by atoms with Crippen molar-refractivity contribution in [2.24, 2.45) is 0 Å². The molecule has 2 unspecified atom stereocenters. The van der Waals surface area contributed by atoms with Gasteiger partial charge in [0.15, 0.2) is 0 Å². The van der Waals surface area contributed by atoms with Crippen molar-refractivity contribution in [3.8, 4) is 0 Å². The first-order valence-corrected chi connectivity index (χ1v) is 4.69. The molecule has 0 heterocycles. The molecule has 0 fully saturated rings. The minimum Gasteiger partial charge on any atom is -0.371 e. The van der Waals surface area contributed by atoms with E-state index < -0.39 is 28.3 Å². The molecule has 0 aliphatic heterocycles. The quantitative estimate of drug-likeness (QED) is 0.659. The Hall–Kier alpha value is -1.63. The highest BCUT2D eigenvalue weighted by Gasteiger charge is 2.63. The standard InChI is InChI=1S/C10H10F3NO3/c1-7(14(16)17)9(15,10(11,12)13)8-5-3-2-4-6-8/h2-7,15H,1H3. The zero-order valence-electron chi connectivity index (χ0n) is 8.81. The molecule has 0 radical (unpaired) electrons. The van der Waals surface area contributed by atoms with Crippen molar-refractivity contribution in [1.29, 1.82) is 0 Å². The van der Waals surface area contributed by atoms with E-state index in [9.17, 15) is 28.4 Å². The van der Waals surface area contributed by atoms with Crippen molar-refractivity contribution in [1.82, 2.24) is 0 Å². The number of benzene rings is 1. The fourth-order valence-electron chi connectivity index (χ4n) is 1.49. The summed E-state index contributed by atoms with van der Waals surface area (Å²) < 4.78 is 38.5. The van der Waals surface area contributed by atoms with E-state index in [4.69, 9.17) is 0 Å². The summed E-state index contributed by atoms with van der Waals surface area (Å²) in [7, 11) is 0. The van der Waals surface area contributed by atoms with Gasteiger partial charge in [0.05, 0.1) is 0 Å². The van der Waals surface area contributed by atoms with Crippen molar-refractivity contribution in [3.63, 3.8) is 0 Å². The van der Waals surface area contributed by atoms with Crippen molar-refractivity contribution in [3.05, 3.63) is 46.0 Å². The highest BCUT2D eigenvalue weighted by molar-refractivity contribution is 5.25. The van der Waals surface area contributed by atoms with Gasteiger partial charge < -0.3 is 5.11 Å². The molecule has 0 bridgehead atoms. The monoisotopic (exact) mass is 249 g/mol. The van der Waals surface area contributed by atoms with Crippen molar-refractivity contribution >= 4 is 0 Å². The minimum absolute atomic E-state index is 0.545. The second kappa shape index (κ2) is 4.33. The molecule has 0 aliphatic carbocycles. The summed E-state index contributed by atoms with van der Waals surface area (Å²) in [5.74, 6) is 0. The summed E-state index contributed by atoms with van der Waals surface area (Å²) in [6.45, 7) is 0.723. The Labute approximate surface area is 94.8 Å². The lowest BCUT2D eigenvalue weighted by Gasteiger charge is -2.31. The second-order valence-electron chi connectivity index (χ2n) is 3.59. The minimum atomic E-state index is -5.12. The van der Waals surface area contributed by atoms with Crippen LogP contribution in [-0.2, 0) is 5.60 Å². The zero-order chi connectivity index (χ0) is 13.3. The first-order chi connectivity index (χ1) is 7.71. The Balaban J connectivity index is 3.36. The molecular weight excluding hydrogens is 239 g/mol. The normalized spacial score (nSPS) is 17.2. The predicted octanol–water partition coefficient (Wildman–Crippen LogP) is 2.10. The number of aliphatic hydroxyl groups is 1. The largest absolute Gasteiger partial charge is 0.428 e. The average Bonchev–Trinajstić information content (AvgIpc) is 2.26. The van der Waals surface area contributed by atoms with Gasteiger partial charge in [0, 0.05) is 11.8 Å². The van der Waals surface area contributed by atoms with Crippen LogP contribution >= 0.6 is 0 Å². The SMILES string of the molecule is CC([N+](=O)[O-])C(O)(c1ccccc1)C(F)(F)F. The molecule has 7 heteroatoms. The fraction of sp³-hybridized carbons (Fsp3) is 0.400. The molecular formula is C10H10F3NO3. The van der Waals surface area contributed by atoms with E-state index in [1.807, 2.05) is 0 Å². The molecule has 94 valence electrons. The van der Waals surface area contributed by atoms with Gasteiger partial charge in [-0.05, 0) is 5.56 Å². The van der Waals surface area contributed by atoms with Crippen LogP contribution in [-0.4, -0.2) is 22.2 Å². The van der Waals surface area contributed by atoms with Crippen LogP contribution in [0.3, 0.4) is 0 Å². The third kappa shape index (κ3) is 2.23. The van der Waals surface area contributed by atoms with E-state index in [2.05, 4.69) is 0 Å². The van der Waals surface area contributed by atoms with Crippen molar-refractivity contribution in [2.45, 2.75) is 24.7 Å². The molecule has 2 atom stereocenters. The van der Waals surface area contributed by atoms with E-state index in [-0.39, 0.29) is 0 Å². The third-order valence-electron chi connectivity index (χ3n) is 2.57. The number of rotatable bonds is 3. The third-order valence-corrected chi connectivity index (χ3v) is 2.57. The van der Waals surface area contributed by atoms with Crippen molar-refractivity contribution < 1.29 is 23.2 Å². The average molecular weight is 249 g/mol. The lowest BCUT2D eigenvalue weighted by Crippen LogP contribution is -2.53. The molecule has 17 heavy (non-hydrogen) atoms. The topological polar surface area (TPSA) is 63.4 Å². The van der Waals surface area contributed by atoms with E-state index in [1.165, 1.54) is 18.2 Å². The number of hydrogen-bond acceptors (Lipinski definition) is 3. The molecule has 1 rings (SSSR count). The maximum atomic E-state index is 12.8. The van der Waals surface area contributed by atoms with Gasteiger partial charge in [-0.2, -0.15) is 13.2 Å². The molecule has 4 nitrogen and oxygen atoms in total. The Kier molecular flexibility index (Phi) is 3.42. The Morgan fingerprint density at radius 1 is 1.29 bits per heavy atom. The van der Waals surface area contributed by atoms with E-state index in [1.54, 1.807) is 0 Å². The fourth-order valence-corrected chi connectivity index (χ4v) is 1.49. The van der Waals surface area contributed by atoms with Gasteiger partial charge >= 0.3 is 6.18 Å². The van der Waals surface area contributed by atoms with Crippen LogP contribution in [0.25, 0.3) is 0 Å². The second-order valence-corrected chi connectivity index (χ2v) is 3.59. The van der Waals surface area contributed by atoms with Gasteiger partial charge in [-0.25, -0.2) is 0 Å². The van der Waals surface area contributed by atoms with E-state index >= 15 is 0 Å². The van der Waals surface area contributed by atoms with Gasteiger partial charge in [-0.15, -0.1) is 0 Å². The zero-order valence-corrected chi connectivity index (χ0v) is 8.81. The highest BCUT2D eigenvalue weighted by atomic mass is 19.4. The molecule has 1 aromatic rings. The number of halogens is 3. The molecule has 0 aliphatic rings. The van der Waals surface area contributed by atoms with Gasteiger partial charge in [-0.1, -0.05) is 30.3 Å². The molecule has 1 aromatic carbocycles. The van der Waals surface area contributed by atoms with Crippen LogP contribution in [0.15, 0.2) is 30.3 Å². The van der Waals surface area contributed by atoms with Crippen LogP contribution < -0.4 is 0 Å². The molecule has 0 saturated heterocycles. The number of nitrogens with zero attached hydrogens (tertiary/aromatic N) is 1. The van der Waals surface area contributed by atoms with Gasteiger partial charge in [-0.3, -0.25) is 10.1 Å². The molecule has 1 N–H and O–H groups in total. The molecule has 0 amide bonds. The molecule has 0 aromatic heterocycles. The first-order valence-electron chi connectivity index (χ1n) is 4.69. The summed E-state index contributed by atoms with van der Waals surface area (Å²) >= 11 is 0. The first kappa shape index (κ1) is 13.4. The van der Waals surface area contributed by atoms with Crippen molar-refractivity contribution in [2.75, 3.05) is 0 Å². The molecule has 0 spiro atoms. The summed E-state index contributed by atoms with van der Waals surface area (Å²) in [5.41, 5.74) is -4.03. The maximum absolute atomic E-state index is 12.8. The van der Waals surface area contributed by atoms with Crippen LogP contribution in [0.1, 0.15) is 12.5 Å². The number of nitro groups is 1. The Morgan fingerprint density at radius 2 is 1.76 bits per heavy atom. The van der Waals surface area contributed by atoms with E-state index in [0.717, 1.165) is 19.1 Å². The van der Waals surface area contributed by atoms with Crippen LogP contribution in [0, 0.1) is 10.1 Å². The molecule has 0 saturated carbocycles. The number of alkyl halides is 3.